The Kier molecular flexibility index (Phi) is 5.51. The van der Waals surface area contributed by atoms with E-state index in [2.05, 4.69) is 29.1 Å². The van der Waals surface area contributed by atoms with Crippen LogP contribution in [-0.4, -0.2) is 27.7 Å². The van der Waals surface area contributed by atoms with Gasteiger partial charge in [-0.2, -0.15) is 0 Å². The fourth-order valence-electron chi connectivity index (χ4n) is 2.98. The summed E-state index contributed by atoms with van der Waals surface area (Å²) in [6, 6.07) is 8.83. The number of benzene rings is 2. The molecule has 27 heavy (non-hydrogen) atoms. The number of nitrogens with one attached hydrogen (secondary N) is 1. The van der Waals surface area contributed by atoms with Gasteiger partial charge in [0.2, 0.25) is 0 Å². The number of para-hydroxylation sites is 1. The molecule has 0 radical (unpaired) electrons. The highest BCUT2D eigenvalue weighted by atomic mass is 19.1. The molecule has 0 unspecified atom stereocenters. The van der Waals surface area contributed by atoms with Gasteiger partial charge in [-0.25, -0.2) is 18.7 Å². The van der Waals surface area contributed by atoms with E-state index >= 15 is 0 Å². The molecule has 1 heterocycles. The van der Waals surface area contributed by atoms with Crippen molar-refractivity contribution in [1.82, 2.24) is 9.97 Å². The van der Waals surface area contributed by atoms with Gasteiger partial charge < -0.3 is 16.2 Å². The summed E-state index contributed by atoms with van der Waals surface area (Å²) in [4.78, 5) is 8.74. The SMILES string of the molecule is CC(C)C[C@@H](N)CNc1nc(-c2cc(F)cc(F)c2O)nc2ccccc12. The molecule has 0 aliphatic heterocycles. The molecule has 0 aliphatic carbocycles. The van der Waals surface area contributed by atoms with Crippen LogP contribution in [0.4, 0.5) is 14.6 Å². The predicted molar refractivity (Wildman–Crippen MR) is 102 cm³/mol. The molecular formula is C20H22F2N4O. The van der Waals surface area contributed by atoms with E-state index in [9.17, 15) is 13.9 Å². The van der Waals surface area contributed by atoms with Crippen LogP contribution in [0.5, 0.6) is 5.75 Å². The molecular weight excluding hydrogens is 350 g/mol. The number of phenolic OH excluding ortho intramolecular Hbond substituents is 1. The third-order valence-electron chi connectivity index (χ3n) is 4.18. The van der Waals surface area contributed by atoms with Gasteiger partial charge >= 0.3 is 0 Å². The number of anilines is 1. The molecule has 0 aliphatic rings. The van der Waals surface area contributed by atoms with Crippen molar-refractivity contribution in [2.75, 3.05) is 11.9 Å². The summed E-state index contributed by atoms with van der Waals surface area (Å²) in [6.07, 6.45) is 0.846. The first-order valence-corrected chi connectivity index (χ1v) is 8.79. The zero-order valence-corrected chi connectivity index (χ0v) is 15.2. The van der Waals surface area contributed by atoms with Gasteiger partial charge in [-0.15, -0.1) is 0 Å². The number of nitrogens with zero attached hydrogens (tertiary/aromatic N) is 2. The molecule has 5 nitrogen and oxygen atoms in total. The van der Waals surface area contributed by atoms with Gasteiger partial charge in [-0.3, -0.25) is 0 Å². The molecule has 3 rings (SSSR count). The second-order valence-corrected chi connectivity index (χ2v) is 6.97. The van der Waals surface area contributed by atoms with Gasteiger partial charge in [0.1, 0.15) is 11.6 Å². The van der Waals surface area contributed by atoms with Crippen molar-refractivity contribution in [2.45, 2.75) is 26.3 Å². The lowest BCUT2D eigenvalue weighted by Gasteiger charge is -2.17. The summed E-state index contributed by atoms with van der Waals surface area (Å²) < 4.78 is 27.4. The first-order chi connectivity index (χ1) is 12.8. The average Bonchev–Trinajstić information content (AvgIpc) is 2.62. The van der Waals surface area contributed by atoms with E-state index < -0.39 is 17.4 Å². The highest BCUT2D eigenvalue weighted by Crippen LogP contribution is 2.32. The molecule has 0 saturated heterocycles. The minimum Gasteiger partial charge on any atom is -0.504 e. The Balaban J connectivity index is 2.03. The van der Waals surface area contributed by atoms with Crippen molar-refractivity contribution >= 4 is 16.7 Å². The Morgan fingerprint density at radius 2 is 1.89 bits per heavy atom. The maximum Gasteiger partial charge on any atom is 0.168 e. The Hall–Kier alpha value is -2.80. The minimum absolute atomic E-state index is 0.0320. The van der Waals surface area contributed by atoms with E-state index in [-0.39, 0.29) is 17.4 Å². The molecule has 0 saturated carbocycles. The van der Waals surface area contributed by atoms with Crippen LogP contribution in [0.25, 0.3) is 22.3 Å². The quantitative estimate of drug-likeness (QED) is 0.608. The number of nitrogens with two attached hydrogens (primary N) is 1. The molecule has 7 heteroatoms. The molecule has 2 aromatic carbocycles. The van der Waals surface area contributed by atoms with Crippen LogP contribution < -0.4 is 11.1 Å². The molecule has 0 amide bonds. The smallest absolute Gasteiger partial charge is 0.168 e. The Morgan fingerprint density at radius 1 is 1.15 bits per heavy atom. The van der Waals surface area contributed by atoms with E-state index in [1.165, 1.54) is 0 Å². The summed E-state index contributed by atoms with van der Waals surface area (Å²) in [6.45, 7) is 4.68. The largest absolute Gasteiger partial charge is 0.504 e. The lowest BCUT2D eigenvalue weighted by Crippen LogP contribution is -2.30. The summed E-state index contributed by atoms with van der Waals surface area (Å²) >= 11 is 0. The maximum absolute atomic E-state index is 13.7. The second kappa shape index (κ2) is 7.84. The topological polar surface area (TPSA) is 84.1 Å². The lowest BCUT2D eigenvalue weighted by atomic mass is 10.0. The molecule has 142 valence electrons. The molecule has 0 fully saturated rings. The number of hydrogen-bond acceptors (Lipinski definition) is 5. The molecule has 1 atom stereocenters. The predicted octanol–water partition coefficient (Wildman–Crippen LogP) is 4.07. The normalized spacial score (nSPS) is 12.5. The van der Waals surface area contributed by atoms with Crippen molar-refractivity contribution in [3.8, 4) is 17.1 Å². The molecule has 1 aromatic heterocycles. The van der Waals surface area contributed by atoms with Gasteiger partial charge in [0, 0.05) is 24.0 Å². The standard InChI is InChI=1S/C20H22F2N4O/c1-11(2)7-13(23)10-24-19-14-5-3-4-6-17(14)25-20(26-19)15-8-12(21)9-16(22)18(15)27/h3-6,8-9,11,13,27H,7,10,23H2,1-2H3,(H,24,25,26)/t13-/m1/s1. The highest BCUT2D eigenvalue weighted by molar-refractivity contribution is 5.90. The van der Waals surface area contributed by atoms with Crippen molar-refractivity contribution in [2.24, 2.45) is 11.7 Å². The first kappa shape index (κ1) is 19.0. The van der Waals surface area contributed by atoms with E-state index in [4.69, 9.17) is 5.73 Å². The summed E-state index contributed by atoms with van der Waals surface area (Å²) in [5.41, 5.74) is 6.62. The number of fused-ring (bicyclic) bond motifs is 1. The van der Waals surface area contributed by atoms with Crippen LogP contribution in [-0.2, 0) is 0 Å². The molecule has 4 N–H and O–H groups in total. The zero-order chi connectivity index (χ0) is 19.6. The number of aromatic nitrogens is 2. The van der Waals surface area contributed by atoms with Crippen molar-refractivity contribution in [1.29, 1.82) is 0 Å². The highest BCUT2D eigenvalue weighted by Gasteiger charge is 2.17. The van der Waals surface area contributed by atoms with Gasteiger partial charge in [0.25, 0.3) is 0 Å². The van der Waals surface area contributed by atoms with Crippen molar-refractivity contribution in [3.63, 3.8) is 0 Å². The fourth-order valence-corrected chi connectivity index (χ4v) is 2.98. The second-order valence-electron chi connectivity index (χ2n) is 6.97. The van der Waals surface area contributed by atoms with Gasteiger partial charge in [0.15, 0.2) is 17.4 Å². The number of hydrogen-bond donors (Lipinski definition) is 3. The van der Waals surface area contributed by atoms with Crippen LogP contribution >= 0.6 is 0 Å². The summed E-state index contributed by atoms with van der Waals surface area (Å²) in [7, 11) is 0. The van der Waals surface area contributed by atoms with Crippen LogP contribution in [0.2, 0.25) is 0 Å². The monoisotopic (exact) mass is 372 g/mol. The fraction of sp³-hybridized carbons (Fsp3) is 0.300. The molecule has 0 spiro atoms. The van der Waals surface area contributed by atoms with E-state index in [0.29, 0.717) is 29.9 Å². The van der Waals surface area contributed by atoms with Crippen molar-refractivity contribution in [3.05, 3.63) is 48.0 Å². The Labute approximate surface area is 156 Å². The number of aromatic hydroxyl groups is 1. The van der Waals surface area contributed by atoms with Gasteiger partial charge in [-0.1, -0.05) is 26.0 Å². The molecule has 3 aromatic rings. The van der Waals surface area contributed by atoms with Crippen LogP contribution in [0.3, 0.4) is 0 Å². The average molecular weight is 372 g/mol. The number of phenols is 1. The lowest BCUT2D eigenvalue weighted by molar-refractivity contribution is 0.429. The maximum atomic E-state index is 13.7. The Morgan fingerprint density at radius 3 is 2.63 bits per heavy atom. The van der Waals surface area contributed by atoms with Crippen molar-refractivity contribution < 1.29 is 13.9 Å². The third-order valence-corrected chi connectivity index (χ3v) is 4.18. The van der Waals surface area contributed by atoms with E-state index in [1.807, 2.05) is 12.1 Å². The van der Waals surface area contributed by atoms with Crippen LogP contribution in [0.15, 0.2) is 36.4 Å². The summed E-state index contributed by atoms with van der Waals surface area (Å²) in [5.74, 6) is -1.56. The number of halogens is 2. The first-order valence-electron chi connectivity index (χ1n) is 8.79. The third kappa shape index (κ3) is 4.31. The van der Waals surface area contributed by atoms with E-state index in [0.717, 1.165) is 17.9 Å². The number of rotatable bonds is 6. The van der Waals surface area contributed by atoms with Crippen LogP contribution in [0, 0.1) is 17.6 Å². The Bertz CT molecular complexity index is 962. The molecule has 0 bridgehead atoms. The van der Waals surface area contributed by atoms with Gasteiger partial charge in [0.05, 0.1) is 11.1 Å². The van der Waals surface area contributed by atoms with E-state index in [1.54, 1.807) is 12.1 Å². The minimum atomic E-state index is -1.06. The zero-order valence-electron chi connectivity index (χ0n) is 15.2. The van der Waals surface area contributed by atoms with Crippen LogP contribution in [0.1, 0.15) is 20.3 Å². The summed E-state index contributed by atoms with van der Waals surface area (Å²) in [5, 5.41) is 14.0. The van der Waals surface area contributed by atoms with Gasteiger partial charge in [-0.05, 0) is 30.5 Å².